The van der Waals surface area contributed by atoms with Gasteiger partial charge < -0.3 is 24.2 Å². The predicted molar refractivity (Wildman–Crippen MR) is 166 cm³/mol. The van der Waals surface area contributed by atoms with Crippen LogP contribution in [0.15, 0.2) is 17.0 Å². The van der Waals surface area contributed by atoms with E-state index in [1.54, 1.807) is 11.4 Å². The highest BCUT2D eigenvalue weighted by Gasteiger charge is 2.34. The highest BCUT2D eigenvalue weighted by Crippen LogP contribution is 2.35. The first kappa shape index (κ1) is 32.4. The molecular formula is C32H54N4O4S. The van der Waals surface area contributed by atoms with Crippen LogP contribution in [0.4, 0.5) is 0 Å². The van der Waals surface area contributed by atoms with Gasteiger partial charge in [0.1, 0.15) is 23.3 Å². The SMILES string of the molecule is COc1cc(C)c(S(=O)N(C)CCOCC(=O)N(C)C2CCC(N3CCC(C4CCN(C)CC4)CC3)CC2)c(C)c1. The number of nitrogens with zero attached hydrogens (tertiary/aromatic N) is 4. The number of piperidine rings is 2. The van der Waals surface area contributed by atoms with Gasteiger partial charge in [-0.05, 0) is 134 Å². The van der Waals surface area contributed by atoms with Crippen LogP contribution in [0.5, 0.6) is 5.75 Å². The van der Waals surface area contributed by atoms with E-state index < -0.39 is 11.0 Å². The first-order chi connectivity index (χ1) is 19.7. The van der Waals surface area contributed by atoms with Crippen molar-refractivity contribution in [2.45, 2.75) is 82.2 Å². The quantitative estimate of drug-likeness (QED) is 0.362. The summed E-state index contributed by atoms with van der Waals surface area (Å²) in [6, 6.07) is 4.80. The van der Waals surface area contributed by atoms with E-state index in [2.05, 4.69) is 16.8 Å². The summed E-state index contributed by atoms with van der Waals surface area (Å²) in [5.74, 6) is 2.68. The lowest BCUT2D eigenvalue weighted by atomic mass is 9.78. The Morgan fingerprint density at radius 2 is 1.49 bits per heavy atom. The molecule has 1 aliphatic carbocycles. The zero-order chi connectivity index (χ0) is 29.5. The molecule has 2 heterocycles. The number of likely N-dealkylation sites (tertiary alicyclic amines) is 2. The molecule has 9 heteroatoms. The zero-order valence-electron chi connectivity index (χ0n) is 26.4. The molecule has 0 N–H and O–H groups in total. The standard InChI is InChI=1S/C32H54N4O4S/c1-24-21-30(39-6)22-25(2)32(24)41(38)34(4)19-20-40-23-31(37)35(5)28-7-9-29(10-8-28)36-17-13-27(14-18-36)26-11-15-33(3)16-12-26/h21-22,26-29H,7-20,23H2,1-6H3. The number of ether oxygens (including phenoxy) is 2. The lowest BCUT2D eigenvalue weighted by molar-refractivity contribution is -0.137. The summed E-state index contributed by atoms with van der Waals surface area (Å²) in [6.45, 7) is 9.87. The molecule has 1 atom stereocenters. The molecule has 0 radical (unpaired) electrons. The van der Waals surface area contributed by atoms with Gasteiger partial charge in [-0.3, -0.25) is 4.79 Å². The van der Waals surface area contributed by atoms with Gasteiger partial charge in [-0.15, -0.1) is 0 Å². The van der Waals surface area contributed by atoms with E-state index in [1.807, 2.05) is 45.0 Å². The summed E-state index contributed by atoms with van der Waals surface area (Å²) in [5.41, 5.74) is 1.88. The Morgan fingerprint density at radius 3 is 2.05 bits per heavy atom. The molecule has 1 amide bonds. The van der Waals surface area contributed by atoms with Crippen LogP contribution in [-0.4, -0.2) is 115 Å². The fourth-order valence-corrected chi connectivity index (χ4v) is 8.49. The van der Waals surface area contributed by atoms with Crippen molar-refractivity contribution in [3.8, 4) is 5.75 Å². The lowest BCUT2D eigenvalue weighted by Gasteiger charge is -2.44. The van der Waals surface area contributed by atoms with Crippen molar-refractivity contribution < 1.29 is 18.5 Å². The predicted octanol–water partition coefficient (Wildman–Crippen LogP) is 4.11. The van der Waals surface area contributed by atoms with Gasteiger partial charge in [0.15, 0.2) is 0 Å². The largest absolute Gasteiger partial charge is 0.497 e. The average molecular weight is 591 g/mol. The Kier molecular flexibility index (Phi) is 12.1. The maximum atomic E-state index is 13.1. The molecule has 1 unspecified atom stereocenters. The Morgan fingerprint density at radius 1 is 0.927 bits per heavy atom. The first-order valence-electron chi connectivity index (χ1n) is 15.7. The maximum Gasteiger partial charge on any atom is 0.248 e. The highest BCUT2D eigenvalue weighted by molar-refractivity contribution is 7.82. The molecular weight excluding hydrogens is 536 g/mol. The molecule has 0 bridgehead atoms. The van der Waals surface area contributed by atoms with Gasteiger partial charge in [0.05, 0.1) is 18.6 Å². The van der Waals surface area contributed by atoms with Crippen LogP contribution in [-0.2, 0) is 20.5 Å². The monoisotopic (exact) mass is 590 g/mol. The second-order valence-corrected chi connectivity index (χ2v) is 14.3. The van der Waals surface area contributed by atoms with Crippen molar-refractivity contribution in [2.24, 2.45) is 11.8 Å². The number of methoxy groups -OCH3 is 1. The van der Waals surface area contributed by atoms with Crippen LogP contribution in [0.25, 0.3) is 0 Å². The third kappa shape index (κ3) is 8.53. The molecule has 2 aliphatic heterocycles. The van der Waals surface area contributed by atoms with E-state index in [-0.39, 0.29) is 12.5 Å². The van der Waals surface area contributed by atoms with E-state index in [9.17, 15) is 9.00 Å². The smallest absolute Gasteiger partial charge is 0.248 e. The van der Waals surface area contributed by atoms with Gasteiger partial charge in [-0.25, -0.2) is 8.51 Å². The minimum absolute atomic E-state index is 0.0398. The van der Waals surface area contributed by atoms with Crippen LogP contribution < -0.4 is 4.74 Å². The van der Waals surface area contributed by atoms with E-state index in [1.165, 1.54) is 64.7 Å². The van der Waals surface area contributed by atoms with Crippen molar-refractivity contribution in [2.75, 3.05) is 74.2 Å². The molecule has 0 aromatic heterocycles. The van der Waals surface area contributed by atoms with Crippen LogP contribution in [0.1, 0.15) is 62.5 Å². The molecule has 8 nitrogen and oxygen atoms in total. The van der Waals surface area contributed by atoms with Crippen LogP contribution >= 0.6 is 0 Å². The molecule has 3 fully saturated rings. The number of carbonyl (C=O) groups is 1. The van der Waals surface area contributed by atoms with Gasteiger partial charge >= 0.3 is 0 Å². The normalized spacial score (nSPS) is 24.5. The Balaban J connectivity index is 1.12. The summed E-state index contributed by atoms with van der Waals surface area (Å²) in [4.78, 5) is 20.8. The van der Waals surface area contributed by atoms with Crippen LogP contribution in [0.2, 0.25) is 0 Å². The van der Waals surface area contributed by atoms with E-state index in [0.717, 1.165) is 46.4 Å². The summed E-state index contributed by atoms with van der Waals surface area (Å²) >= 11 is 0. The third-order valence-electron chi connectivity index (χ3n) is 10.0. The Labute approximate surface area is 251 Å². The molecule has 232 valence electrons. The second-order valence-electron chi connectivity index (χ2n) is 12.7. The van der Waals surface area contributed by atoms with Crippen LogP contribution in [0.3, 0.4) is 0 Å². The number of carbonyl (C=O) groups excluding carboxylic acids is 1. The number of benzene rings is 1. The molecule has 1 aromatic rings. The molecule has 3 aliphatic rings. The molecule has 1 saturated carbocycles. The van der Waals surface area contributed by atoms with E-state index in [4.69, 9.17) is 9.47 Å². The Bertz CT molecular complexity index is 992. The molecule has 0 spiro atoms. The Hall–Kier alpha value is -1.52. The lowest BCUT2D eigenvalue weighted by Crippen LogP contribution is -2.48. The third-order valence-corrected chi connectivity index (χ3v) is 11.8. The van der Waals surface area contributed by atoms with Gasteiger partial charge in [0.25, 0.3) is 0 Å². The molecule has 1 aromatic carbocycles. The first-order valence-corrected chi connectivity index (χ1v) is 16.8. The topological polar surface area (TPSA) is 65.6 Å². The number of rotatable bonds is 11. The summed E-state index contributed by atoms with van der Waals surface area (Å²) < 4.78 is 26.0. The van der Waals surface area contributed by atoms with Gasteiger partial charge in [0.2, 0.25) is 5.91 Å². The van der Waals surface area contributed by atoms with Crippen molar-refractivity contribution in [1.29, 1.82) is 0 Å². The zero-order valence-corrected chi connectivity index (χ0v) is 27.2. The summed E-state index contributed by atoms with van der Waals surface area (Å²) in [5, 5.41) is 0. The van der Waals surface area contributed by atoms with E-state index in [0.29, 0.717) is 25.2 Å². The molecule has 41 heavy (non-hydrogen) atoms. The van der Waals surface area contributed by atoms with E-state index >= 15 is 0 Å². The number of amides is 1. The number of aryl methyl sites for hydroxylation is 2. The fraction of sp³-hybridized carbons (Fsp3) is 0.781. The number of hydrogen-bond donors (Lipinski definition) is 0. The van der Waals surface area contributed by atoms with Gasteiger partial charge in [-0.1, -0.05) is 0 Å². The number of hydrogen-bond acceptors (Lipinski definition) is 6. The van der Waals surface area contributed by atoms with Crippen LogP contribution in [0, 0.1) is 25.7 Å². The highest BCUT2D eigenvalue weighted by atomic mass is 32.2. The average Bonchev–Trinajstić information content (AvgIpc) is 2.98. The van der Waals surface area contributed by atoms with Crippen molar-refractivity contribution >= 4 is 16.9 Å². The van der Waals surface area contributed by atoms with Crippen molar-refractivity contribution in [3.63, 3.8) is 0 Å². The summed E-state index contributed by atoms with van der Waals surface area (Å²) in [7, 11) is 6.35. The van der Waals surface area contributed by atoms with Gasteiger partial charge in [-0.2, -0.15) is 0 Å². The number of likely N-dealkylation sites (N-methyl/N-ethyl adjacent to an activating group) is 2. The minimum Gasteiger partial charge on any atom is -0.497 e. The summed E-state index contributed by atoms with van der Waals surface area (Å²) in [6.07, 6.45) is 10.0. The molecule has 2 saturated heterocycles. The minimum atomic E-state index is -1.30. The van der Waals surface area contributed by atoms with Gasteiger partial charge in [0, 0.05) is 32.7 Å². The molecule has 4 rings (SSSR count). The fourth-order valence-electron chi connectivity index (χ4n) is 7.27. The van der Waals surface area contributed by atoms with Crippen molar-refractivity contribution in [3.05, 3.63) is 23.3 Å². The van der Waals surface area contributed by atoms with Crippen molar-refractivity contribution in [1.82, 2.24) is 19.0 Å². The maximum absolute atomic E-state index is 13.1. The second kappa shape index (κ2) is 15.3.